The van der Waals surface area contributed by atoms with Gasteiger partial charge in [-0.15, -0.1) is 0 Å². The van der Waals surface area contributed by atoms with Crippen molar-refractivity contribution < 1.29 is 4.79 Å². The number of nitrogen functional groups attached to an aromatic ring is 1. The van der Waals surface area contributed by atoms with Crippen molar-refractivity contribution in [3.8, 4) is 0 Å². The molecular weight excluding hydrogens is 332 g/mol. The van der Waals surface area contributed by atoms with E-state index in [9.17, 15) is 4.79 Å². The molecule has 3 aromatic rings. The molecule has 0 spiro atoms. The maximum Gasteiger partial charge on any atom is 0.230 e. The van der Waals surface area contributed by atoms with E-state index >= 15 is 0 Å². The second-order valence-electron chi connectivity index (χ2n) is 5.90. The molecule has 3 rings (SSSR count). The third-order valence-electron chi connectivity index (χ3n) is 3.84. The molecule has 1 aromatic heterocycles. The first-order chi connectivity index (χ1) is 12.0. The highest BCUT2D eigenvalue weighted by atomic mass is 32.2. The molecule has 1 amide bonds. The molecule has 128 valence electrons. The summed E-state index contributed by atoms with van der Waals surface area (Å²) in [6.07, 6.45) is 0. The van der Waals surface area contributed by atoms with Crippen LogP contribution in [0.4, 0.5) is 5.82 Å². The van der Waals surface area contributed by atoms with E-state index in [1.54, 1.807) is 6.07 Å². The smallest absolute Gasteiger partial charge is 0.230 e. The zero-order valence-corrected chi connectivity index (χ0v) is 15.0. The number of thioether (sulfide) groups is 1. The molecule has 0 saturated carbocycles. The van der Waals surface area contributed by atoms with Crippen LogP contribution in [0.15, 0.2) is 53.7 Å². The summed E-state index contributed by atoms with van der Waals surface area (Å²) in [6, 6.07) is 16.0. The van der Waals surface area contributed by atoms with Crippen molar-refractivity contribution in [2.75, 3.05) is 11.5 Å². The summed E-state index contributed by atoms with van der Waals surface area (Å²) in [7, 11) is 0. The van der Waals surface area contributed by atoms with Crippen molar-refractivity contribution in [1.82, 2.24) is 15.3 Å². The summed E-state index contributed by atoms with van der Waals surface area (Å²) in [5, 5.41) is 5.89. The minimum absolute atomic E-state index is 0.0608. The number of nitrogens with two attached hydrogens (primary N) is 1. The summed E-state index contributed by atoms with van der Waals surface area (Å²) < 4.78 is 0. The molecule has 0 aliphatic carbocycles. The monoisotopic (exact) mass is 352 g/mol. The number of carbonyl (C=O) groups excluding carboxylic acids is 1. The van der Waals surface area contributed by atoms with Gasteiger partial charge >= 0.3 is 0 Å². The molecule has 0 radical (unpaired) electrons. The number of aromatic nitrogens is 2. The number of fused-ring (bicyclic) bond motifs is 1. The second kappa shape index (κ2) is 7.53. The molecule has 0 bridgehead atoms. The second-order valence-corrected chi connectivity index (χ2v) is 6.84. The number of amides is 1. The van der Waals surface area contributed by atoms with E-state index in [0.29, 0.717) is 11.0 Å². The van der Waals surface area contributed by atoms with Crippen molar-refractivity contribution in [3.05, 3.63) is 59.8 Å². The van der Waals surface area contributed by atoms with Gasteiger partial charge in [0.05, 0.1) is 11.8 Å². The SMILES string of the molecule is Cc1cc(N)nc(SCC(=O)N[C@@H](C)c2ccc3ccccc3c2)n1. The number of carbonyl (C=O) groups is 1. The summed E-state index contributed by atoms with van der Waals surface area (Å²) >= 11 is 1.28. The first-order valence-corrected chi connectivity index (χ1v) is 9.02. The van der Waals surface area contributed by atoms with Crippen LogP contribution in [-0.4, -0.2) is 21.6 Å². The Morgan fingerprint density at radius 2 is 1.92 bits per heavy atom. The molecule has 0 unspecified atom stereocenters. The lowest BCUT2D eigenvalue weighted by molar-refractivity contribution is -0.119. The number of hydrogen-bond acceptors (Lipinski definition) is 5. The van der Waals surface area contributed by atoms with Crippen molar-refractivity contribution in [1.29, 1.82) is 0 Å². The van der Waals surface area contributed by atoms with Crippen LogP contribution in [0.1, 0.15) is 24.2 Å². The molecule has 0 aliphatic heterocycles. The third-order valence-corrected chi connectivity index (χ3v) is 4.68. The van der Waals surface area contributed by atoms with Crippen LogP contribution in [0, 0.1) is 6.92 Å². The number of nitrogens with one attached hydrogen (secondary N) is 1. The zero-order valence-electron chi connectivity index (χ0n) is 14.2. The van der Waals surface area contributed by atoms with E-state index in [0.717, 1.165) is 11.3 Å². The number of rotatable bonds is 5. The van der Waals surface area contributed by atoms with E-state index in [1.807, 2.05) is 32.0 Å². The highest BCUT2D eigenvalue weighted by Gasteiger charge is 2.11. The molecule has 2 aromatic carbocycles. The minimum Gasteiger partial charge on any atom is -0.384 e. The van der Waals surface area contributed by atoms with Gasteiger partial charge in [-0.05, 0) is 36.2 Å². The standard InChI is InChI=1S/C19H20N4OS/c1-12-9-17(20)23-19(21-12)25-11-18(24)22-13(2)15-8-7-14-5-3-4-6-16(14)10-15/h3-10,13H,11H2,1-2H3,(H,22,24)(H2,20,21,23)/t13-/m0/s1. The Morgan fingerprint density at radius 1 is 1.16 bits per heavy atom. The normalized spacial score (nSPS) is 12.1. The summed E-state index contributed by atoms with van der Waals surface area (Å²) in [4.78, 5) is 20.6. The Bertz CT molecular complexity index is 893. The van der Waals surface area contributed by atoms with Gasteiger partial charge in [0, 0.05) is 11.8 Å². The Labute approximate surface area is 151 Å². The van der Waals surface area contributed by atoms with E-state index in [4.69, 9.17) is 5.73 Å². The molecule has 0 saturated heterocycles. The number of aryl methyl sites for hydroxylation is 1. The lowest BCUT2D eigenvalue weighted by Crippen LogP contribution is -2.28. The maximum atomic E-state index is 12.2. The molecular formula is C19H20N4OS. The van der Waals surface area contributed by atoms with Gasteiger partial charge in [0.2, 0.25) is 5.91 Å². The molecule has 6 heteroatoms. The van der Waals surface area contributed by atoms with Crippen LogP contribution in [0.5, 0.6) is 0 Å². The third kappa shape index (κ3) is 4.48. The Balaban J connectivity index is 1.61. The van der Waals surface area contributed by atoms with E-state index in [-0.39, 0.29) is 17.7 Å². The fourth-order valence-corrected chi connectivity index (χ4v) is 3.33. The zero-order chi connectivity index (χ0) is 17.8. The molecule has 0 aliphatic rings. The molecule has 0 fully saturated rings. The predicted octanol–water partition coefficient (Wildman–Crippen LogP) is 3.49. The quantitative estimate of drug-likeness (QED) is 0.543. The van der Waals surface area contributed by atoms with Gasteiger partial charge in [-0.1, -0.05) is 48.2 Å². The first-order valence-electron chi connectivity index (χ1n) is 8.03. The van der Waals surface area contributed by atoms with Crippen LogP contribution in [0.2, 0.25) is 0 Å². The van der Waals surface area contributed by atoms with Gasteiger partial charge in [0.1, 0.15) is 5.82 Å². The van der Waals surface area contributed by atoms with Crippen LogP contribution in [0.25, 0.3) is 10.8 Å². The fourth-order valence-electron chi connectivity index (χ4n) is 2.60. The summed E-state index contributed by atoms with van der Waals surface area (Å²) in [6.45, 7) is 3.83. The van der Waals surface area contributed by atoms with Gasteiger partial charge in [-0.25, -0.2) is 9.97 Å². The van der Waals surface area contributed by atoms with Crippen molar-refractivity contribution in [2.24, 2.45) is 0 Å². The number of anilines is 1. The van der Waals surface area contributed by atoms with Crippen LogP contribution in [0.3, 0.4) is 0 Å². The Morgan fingerprint density at radius 3 is 2.68 bits per heavy atom. The molecule has 5 nitrogen and oxygen atoms in total. The Hall–Kier alpha value is -2.60. The lowest BCUT2D eigenvalue weighted by Gasteiger charge is -2.15. The van der Waals surface area contributed by atoms with Crippen LogP contribution in [-0.2, 0) is 4.79 Å². The summed E-state index contributed by atoms with van der Waals surface area (Å²) in [5.41, 5.74) is 7.57. The van der Waals surface area contributed by atoms with Crippen LogP contribution < -0.4 is 11.1 Å². The van der Waals surface area contributed by atoms with E-state index in [2.05, 4.69) is 39.6 Å². The van der Waals surface area contributed by atoms with Crippen molar-refractivity contribution in [2.45, 2.75) is 25.0 Å². The van der Waals surface area contributed by atoms with Gasteiger partial charge < -0.3 is 11.1 Å². The van der Waals surface area contributed by atoms with Gasteiger partial charge in [-0.2, -0.15) is 0 Å². The predicted molar refractivity (Wildman–Crippen MR) is 102 cm³/mol. The summed E-state index contributed by atoms with van der Waals surface area (Å²) in [5.74, 6) is 0.607. The molecule has 25 heavy (non-hydrogen) atoms. The van der Waals surface area contributed by atoms with E-state index < -0.39 is 0 Å². The largest absolute Gasteiger partial charge is 0.384 e. The van der Waals surface area contributed by atoms with Gasteiger partial charge in [0.25, 0.3) is 0 Å². The average Bonchev–Trinajstić information content (AvgIpc) is 2.58. The molecule has 1 atom stereocenters. The number of nitrogens with zero attached hydrogens (tertiary/aromatic N) is 2. The lowest BCUT2D eigenvalue weighted by atomic mass is 10.0. The molecule has 3 N–H and O–H groups in total. The van der Waals surface area contributed by atoms with Gasteiger partial charge in [0.15, 0.2) is 5.16 Å². The van der Waals surface area contributed by atoms with E-state index in [1.165, 1.54) is 22.5 Å². The minimum atomic E-state index is -0.0683. The van der Waals surface area contributed by atoms with Crippen LogP contribution >= 0.6 is 11.8 Å². The van der Waals surface area contributed by atoms with Crippen molar-refractivity contribution >= 4 is 34.3 Å². The number of hydrogen-bond donors (Lipinski definition) is 2. The van der Waals surface area contributed by atoms with Gasteiger partial charge in [-0.3, -0.25) is 4.79 Å². The fraction of sp³-hybridized carbons (Fsp3) is 0.211. The Kier molecular flexibility index (Phi) is 5.19. The highest BCUT2D eigenvalue weighted by molar-refractivity contribution is 7.99. The topological polar surface area (TPSA) is 80.9 Å². The maximum absolute atomic E-state index is 12.2. The molecule has 1 heterocycles. The van der Waals surface area contributed by atoms with Crippen molar-refractivity contribution in [3.63, 3.8) is 0 Å². The first kappa shape index (κ1) is 17.2. The highest BCUT2D eigenvalue weighted by Crippen LogP contribution is 2.21. The number of benzene rings is 2. The average molecular weight is 352 g/mol.